The van der Waals surface area contributed by atoms with Crippen LogP contribution >= 0.6 is 0 Å². The molecule has 0 spiro atoms. The fraction of sp³-hybridized carbons (Fsp3) is 0.217. The summed E-state index contributed by atoms with van der Waals surface area (Å²) in [5.41, 5.74) is 3.09. The molecule has 0 fully saturated rings. The van der Waals surface area contributed by atoms with Gasteiger partial charge in [0, 0.05) is 49.5 Å². The molecule has 0 atom stereocenters. The molecule has 7 heteroatoms. The lowest BCUT2D eigenvalue weighted by Crippen LogP contribution is -2.26. The number of para-hydroxylation sites is 1. The normalized spacial score (nSPS) is 11.1. The number of ether oxygens (including phenoxy) is 1. The number of aromatic nitrogens is 3. The summed E-state index contributed by atoms with van der Waals surface area (Å²) >= 11 is 0. The van der Waals surface area contributed by atoms with Crippen LogP contribution in [0.2, 0.25) is 0 Å². The van der Waals surface area contributed by atoms with Crippen molar-refractivity contribution in [2.24, 2.45) is 0 Å². The van der Waals surface area contributed by atoms with Crippen LogP contribution < -0.4 is 5.32 Å². The van der Waals surface area contributed by atoms with Gasteiger partial charge in [-0.3, -0.25) is 9.78 Å². The second-order valence-electron chi connectivity index (χ2n) is 6.43. The van der Waals surface area contributed by atoms with E-state index in [4.69, 9.17) is 4.74 Å². The number of hydrogen-bond donors (Lipinski definition) is 1. The maximum absolute atomic E-state index is 12.5. The lowest BCUT2D eigenvalue weighted by atomic mass is 10.1. The Balaban J connectivity index is 1.90. The Hall–Kier alpha value is -3.76. The maximum Gasteiger partial charge on any atom is 0.261 e. The van der Waals surface area contributed by atoms with Crippen LogP contribution in [0, 0.1) is 11.3 Å². The van der Waals surface area contributed by atoms with E-state index in [2.05, 4.69) is 15.4 Å². The molecule has 3 rings (SSSR count). The van der Waals surface area contributed by atoms with Gasteiger partial charge in [-0.15, -0.1) is 0 Å². The Labute approximate surface area is 175 Å². The Kier molecular flexibility index (Phi) is 7.47. The Bertz CT molecular complexity index is 1040. The number of benzene rings is 1. The molecule has 1 aromatic carbocycles. The lowest BCUT2D eigenvalue weighted by Gasteiger charge is -2.04. The minimum Gasteiger partial charge on any atom is -0.382 e. The van der Waals surface area contributed by atoms with Gasteiger partial charge in [0.1, 0.15) is 17.3 Å². The van der Waals surface area contributed by atoms with E-state index in [-0.39, 0.29) is 5.57 Å². The quantitative estimate of drug-likeness (QED) is 0.337. The van der Waals surface area contributed by atoms with E-state index in [9.17, 15) is 10.1 Å². The van der Waals surface area contributed by atoms with Crippen molar-refractivity contribution in [1.29, 1.82) is 5.26 Å². The van der Waals surface area contributed by atoms with Crippen molar-refractivity contribution < 1.29 is 9.53 Å². The summed E-state index contributed by atoms with van der Waals surface area (Å²) in [7, 11) is 0. The van der Waals surface area contributed by atoms with Crippen LogP contribution in [0.25, 0.3) is 23.0 Å². The molecule has 0 aliphatic heterocycles. The average Bonchev–Trinajstić information content (AvgIpc) is 3.22. The highest BCUT2D eigenvalue weighted by Crippen LogP contribution is 2.25. The van der Waals surface area contributed by atoms with Crippen LogP contribution in [0.1, 0.15) is 18.9 Å². The van der Waals surface area contributed by atoms with Crippen molar-refractivity contribution in [2.75, 3.05) is 19.8 Å². The van der Waals surface area contributed by atoms with Gasteiger partial charge in [0.25, 0.3) is 5.91 Å². The zero-order chi connectivity index (χ0) is 21.2. The molecule has 152 valence electrons. The van der Waals surface area contributed by atoms with Gasteiger partial charge < -0.3 is 10.1 Å². The molecule has 0 saturated carbocycles. The van der Waals surface area contributed by atoms with Crippen molar-refractivity contribution in [3.8, 4) is 23.0 Å². The van der Waals surface area contributed by atoms with Gasteiger partial charge in [0.2, 0.25) is 0 Å². The van der Waals surface area contributed by atoms with Crippen LogP contribution in [-0.4, -0.2) is 40.4 Å². The van der Waals surface area contributed by atoms with Gasteiger partial charge in [-0.25, -0.2) is 4.68 Å². The number of hydrogen-bond acceptors (Lipinski definition) is 5. The Morgan fingerprint density at radius 2 is 2.00 bits per heavy atom. The first kappa shape index (κ1) is 21.0. The number of carbonyl (C=O) groups excluding carboxylic acids is 1. The molecule has 0 saturated heterocycles. The fourth-order valence-electron chi connectivity index (χ4n) is 2.86. The van der Waals surface area contributed by atoms with Crippen LogP contribution in [0.3, 0.4) is 0 Å². The van der Waals surface area contributed by atoms with Crippen LogP contribution in [0.15, 0.2) is 66.6 Å². The molecule has 1 amide bonds. The molecule has 0 radical (unpaired) electrons. The Morgan fingerprint density at radius 3 is 2.70 bits per heavy atom. The van der Waals surface area contributed by atoms with Gasteiger partial charge >= 0.3 is 0 Å². The third-order valence-electron chi connectivity index (χ3n) is 4.34. The highest BCUT2D eigenvalue weighted by molar-refractivity contribution is 6.02. The van der Waals surface area contributed by atoms with Gasteiger partial charge in [-0.1, -0.05) is 18.2 Å². The Morgan fingerprint density at radius 1 is 1.23 bits per heavy atom. The molecule has 1 N–H and O–H groups in total. The van der Waals surface area contributed by atoms with Crippen molar-refractivity contribution >= 4 is 12.0 Å². The van der Waals surface area contributed by atoms with Crippen LogP contribution in [0.5, 0.6) is 0 Å². The molecule has 2 aromatic heterocycles. The van der Waals surface area contributed by atoms with Gasteiger partial charge in [0.05, 0.1) is 5.69 Å². The van der Waals surface area contributed by atoms with Gasteiger partial charge in [-0.2, -0.15) is 10.4 Å². The predicted octanol–water partition coefficient (Wildman–Crippen LogP) is 3.38. The maximum atomic E-state index is 12.5. The van der Waals surface area contributed by atoms with Crippen molar-refractivity contribution in [1.82, 2.24) is 20.1 Å². The van der Waals surface area contributed by atoms with Crippen molar-refractivity contribution in [3.05, 3.63) is 72.2 Å². The molecular formula is C23H23N5O2. The van der Waals surface area contributed by atoms with E-state index in [0.29, 0.717) is 37.4 Å². The number of pyridine rings is 1. The highest BCUT2D eigenvalue weighted by Gasteiger charge is 2.15. The molecule has 3 aromatic rings. The SMILES string of the molecule is CCOCCCNC(=O)/C(C#N)=C/c1cn(-c2ccccc2)nc1-c1ccncc1. The standard InChI is InChI=1S/C23H23N5O2/c1-2-30-14-6-11-26-23(29)19(16-24)15-20-17-28(21-7-4-3-5-8-21)27-22(20)18-9-12-25-13-10-18/h3-5,7-10,12-13,15,17H,2,6,11,14H2,1H3,(H,26,29)/b19-15+. The summed E-state index contributed by atoms with van der Waals surface area (Å²) in [6.07, 6.45) is 7.43. The second kappa shape index (κ2) is 10.7. The third-order valence-corrected chi connectivity index (χ3v) is 4.34. The van der Waals surface area contributed by atoms with Crippen LogP contribution in [0.4, 0.5) is 0 Å². The summed E-state index contributed by atoms with van der Waals surface area (Å²) in [6, 6.07) is 15.3. The van der Waals surface area contributed by atoms with Crippen LogP contribution in [-0.2, 0) is 9.53 Å². The predicted molar refractivity (Wildman–Crippen MR) is 115 cm³/mol. The molecular weight excluding hydrogens is 378 g/mol. The molecule has 7 nitrogen and oxygen atoms in total. The summed E-state index contributed by atoms with van der Waals surface area (Å²) in [6.45, 7) is 3.57. The summed E-state index contributed by atoms with van der Waals surface area (Å²) in [4.78, 5) is 16.5. The first-order valence-electron chi connectivity index (χ1n) is 9.76. The lowest BCUT2D eigenvalue weighted by molar-refractivity contribution is -0.117. The number of nitrogens with zero attached hydrogens (tertiary/aromatic N) is 4. The first-order valence-corrected chi connectivity index (χ1v) is 9.76. The topological polar surface area (TPSA) is 92.8 Å². The molecule has 0 aliphatic carbocycles. The number of nitrogens with one attached hydrogen (secondary N) is 1. The zero-order valence-corrected chi connectivity index (χ0v) is 16.8. The van der Waals surface area contributed by atoms with E-state index in [1.165, 1.54) is 0 Å². The number of amides is 1. The monoisotopic (exact) mass is 401 g/mol. The van der Waals surface area contributed by atoms with E-state index in [0.717, 1.165) is 11.3 Å². The number of rotatable bonds is 9. The van der Waals surface area contributed by atoms with E-state index < -0.39 is 5.91 Å². The summed E-state index contributed by atoms with van der Waals surface area (Å²) in [5.74, 6) is -0.415. The second-order valence-corrected chi connectivity index (χ2v) is 6.43. The van der Waals surface area contributed by atoms with E-state index in [1.807, 2.05) is 61.7 Å². The molecule has 2 heterocycles. The molecule has 0 bridgehead atoms. The fourth-order valence-corrected chi connectivity index (χ4v) is 2.86. The molecule has 0 aliphatic rings. The first-order chi connectivity index (χ1) is 14.7. The molecule has 0 unspecified atom stereocenters. The minimum absolute atomic E-state index is 0.0225. The highest BCUT2D eigenvalue weighted by atomic mass is 16.5. The van der Waals surface area contributed by atoms with Crippen molar-refractivity contribution in [2.45, 2.75) is 13.3 Å². The minimum atomic E-state index is -0.415. The van der Waals surface area contributed by atoms with E-state index >= 15 is 0 Å². The van der Waals surface area contributed by atoms with Gasteiger partial charge in [0.15, 0.2) is 0 Å². The largest absolute Gasteiger partial charge is 0.382 e. The van der Waals surface area contributed by atoms with Gasteiger partial charge in [-0.05, 0) is 43.7 Å². The van der Waals surface area contributed by atoms with Crippen molar-refractivity contribution in [3.63, 3.8) is 0 Å². The smallest absolute Gasteiger partial charge is 0.261 e. The number of carbonyl (C=O) groups is 1. The number of nitriles is 1. The summed E-state index contributed by atoms with van der Waals surface area (Å²) in [5, 5.41) is 17.0. The van der Waals surface area contributed by atoms with E-state index in [1.54, 1.807) is 23.2 Å². The average molecular weight is 401 g/mol. The zero-order valence-electron chi connectivity index (χ0n) is 16.8. The summed E-state index contributed by atoms with van der Waals surface area (Å²) < 4.78 is 6.99. The molecule has 30 heavy (non-hydrogen) atoms. The third kappa shape index (κ3) is 5.40.